The molecular formula is C31H41N7O3. The van der Waals surface area contributed by atoms with Crippen LogP contribution in [0, 0.1) is 5.92 Å². The van der Waals surface area contributed by atoms with E-state index in [0.717, 1.165) is 60.7 Å². The number of likely N-dealkylation sites (tertiary alicyclic amines) is 1. The molecule has 3 amide bonds. The van der Waals surface area contributed by atoms with Crippen molar-refractivity contribution in [2.75, 3.05) is 27.7 Å². The Bertz CT molecular complexity index is 1410. The van der Waals surface area contributed by atoms with E-state index in [-0.39, 0.29) is 35.8 Å². The van der Waals surface area contributed by atoms with Crippen molar-refractivity contribution in [3.05, 3.63) is 48.5 Å². The van der Waals surface area contributed by atoms with Crippen molar-refractivity contribution >= 4 is 28.7 Å². The van der Waals surface area contributed by atoms with E-state index in [9.17, 15) is 14.4 Å². The summed E-state index contributed by atoms with van der Waals surface area (Å²) in [5, 5.41) is 7.01. The number of rotatable bonds is 7. The third kappa shape index (κ3) is 5.84. The first-order chi connectivity index (χ1) is 19.8. The molecule has 5 rings (SSSR count). The molecule has 10 heteroatoms. The van der Waals surface area contributed by atoms with Gasteiger partial charge in [0.05, 0.1) is 29.0 Å². The number of hydrogen-bond donors (Lipinski definition) is 2. The molecule has 1 saturated heterocycles. The van der Waals surface area contributed by atoms with Crippen LogP contribution in [0.5, 0.6) is 0 Å². The Labute approximate surface area is 241 Å². The lowest BCUT2D eigenvalue weighted by Crippen LogP contribution is -2.55. The summed E-state index contributed by atoms with van der Waals surface area (Å²) >= 11 is 0. The maximum absolute atomic E-state index is 14.1. The summed E-state index contributed by atoms with van der Waals surface area (Å²) in [6.07, 6.45) is 10.2. The van der Waals surface area contributed by atoms with Gasteiger partial charge in [0.25, 0.3) is 0 Å². The number of para-hydroxylation sites is 1. The maximum Gasteiger partial charge on any atom is 0.328 e. The standard InChI is InChI=1S/C31H41N7O3/c1-20(32-2)29(39)35-28(21-11-6-5-7-12-21)30(40)37-16-10-15-27(37)25-17-24(33-19-34-25)23-18-38(31(41)36(3)4)26-14-9-8-13-22(23)26/h8-9,13-14,17-21,27-28,32H,5-7,10-12,15-16H2,1-4H3,(H,35,39). The van der Waals surface area contributed by atoms with E-state index >= 15 is 0 Å². The molecule has 0 radical (unpaired) electrons. The Balaban J connectivity index is 1.46. The van der Waals surface area contributed by atoms with Crippen molar-refractivity contribution in [3.8, 4) is 11.3 Å². The summed E-state index contributed by atoms with van der Waals surface area (Å²) < 4.78 is 1.64. The van der Waals surface area contributed by atoms with Crippen LogP contribution in [0.1, 0.15) is 63.6 Å². The lowest BCUT2D eigenvalue weighted by Gasteiger charge is -2.35. The minimum atomic E-state index is -0.546. The molecule has 1 aromatic carbocycles. The average Bonchev–Trinajstić information content (AvgIpc) is 3.65. The molecular weight excluding hydrogens is 518 g/mol. The molecule has 3 unspecified atom stereocenters. The minimum Gasteiger partial charge on any atom is -0.343 e. The molecule has 2 N–H and O–H groups in total. The molecule has 0 spiro atoms. The Morgan fingerprint density at radius 2 is 1.78 bits per heavy atom. The van der Waals surface area contributed by atoms with E-state index in [4.69, 9.17) is 0 Å². The largest absolute Gasteiger partial charge is 0.343 e. The number of aromatic nitrogens is 3. The van der Waals surface area contributed by atoms with Crippen molar-refractivity contribution in [2.24, 2.45) is 5.92 Å². The van der Waals surface area contributed by atoms with Gasteiger partial charge in [0.2, 0.25) is 11.8 Å². The van der Waals surface area contributed by atoms with Crippen molar-refractivity contribution in [3.63, 3.8) is 0 Å². The molecule has 2 fully saturated rings. The van der Waals surface area contributed by atoms with Gasteiger partial charge in [0.1, 0.15) is 12.4 Å². The number of hydrogen-bond acceptors (Lipinski definition) is 6. The van der Waals surface area contributed by atoms with E-state index in [2.05, 4.69) is 20.6 Å². The molecule has 218 valence electrons. The minimum absolute atomic E-state index is 0.0237. The number of carbonyl (C=O) groups excluding carboxylic acids is 3. The second-order valence-electron chi connectivity index (χ2n) is 11.5. The molecule has 10 nitrogen and oxygen atoms in total. The molecule has 41 heavy (non-hydrogen) atoms. The van der Waals surface area contributed by atoms with Crippen molar-refractivity contribution in [1.29, 1.82) is 0 Å². The summed E-state index contributed by atoms with van der Waals surface area (Å²) in [5.41, 5.74) is 3.12. The van der Waals surface area contributed by atoms with Gasteiger partial charge in [-0.1, -0.05) is 37.5 Å². The topological polar surface area (TPSA) is 112 Å². The molecule has 3 atom stereocenters. The monoisotopic (exact) mass is 559 g/mol. The summed E-state index contributed by atoms with van der Waals surface area (Å²) in [4.78, 5) is 52.6. The number of nitrogens with zero attached hydrogens (tertiary/aromatic N) is 5. The predicted molar refractivity (Wildman–Crippen MR) is 158 cm³/mol. The van der Waals surface area contributed by atoms with Crippen LogP contribution >= 0.6 is 0 Å². The van der Waals surface area contributed by atoms with E-state index in [0.29, 0.717) is 12.2 Å². The van der Waals surface area contributed by atoms with Gasteiger partial charge in [0, 0.05) is 37.8 Å². The van der Waals surface area contributed by atoms with Crippen LogP contribution < -0.4 is 10.6 Å². The predicted octanol–water partition coefficient (Wildman–Crippen LogP) is 3.96. The second-order valence-corrected chi connectivity index (χ2v) is 11.5. The molecule has 2 aliphatic rings. The van der Waals surface area contributed by atoms with Crippen LogP contribution in [-0.4, -0.2) is 82.0 Å². The average molecular weight is 560 g/mol. The number of amides is 3. The number of benzene rings is 1. The smallest absolute Gasteiger partial charge is 0.328 e. The molecule has 1 aliphatic heterocycles. The highest BCUT2D eigenvalue weighted by molar-refractivity contribution is 6.00. The molecule has 2 aromatic heterocycles. The second kappa shape index (κ2) is 12.4. The van der Waals surface area contributed by atoms with Crippen molar-refractivity contribution in [2.45, 2.75) is 70.0 Å². The Hall–Kier alpha value is -3.79. The number of carbonyl (C=O) groups is 3. The highest BCUT2D eigenvalue weighted by atomic mass is 16.2. The summed E-state index contributed by atoms with van der Waals surface area (Å²) in [6.45, 7) is 2.43. The highest BCUT2D eigenvalue weighted by Gasteiger charge is 2.39. The Morgan fingerprint density at radius 1 is 1.02 bits per heavy atom. The van der Waals surface area contributed by atoms with E-state index in [1.165, 1.54) is 6.42 Å². The van der Waals surface area contributed by atoms with E-state index < -0.39 is 6.04 Å². The molecule has 3 heterocycles. The maximum atomic E-state index is 14.1. The number of likely N-dealkylation sites (N-methyl/N-ethyl adjacent to an activating group) is 1. The normalized spacial score (nSPS) is 19.2. The third-order valence-electron chi connectivity index (χ3n) is 8.65. The molecule has 3 aromatic rings. The zero-order valence-corrected chi connectivity index (χ0v) is 24.5. The summed E-state index contributed by atoms with van der Waals surface area (Å²) in [6, 6.07) is 8.45. The van der Waals surface area contributed by atoms with Crippen LogP contribution in [0.15, 0.2) is 42.9 Å². The van der Waals surface area contributed by atoms with Gasteiger partial charge in [-0.3, -0.25) is 14.2 Å². The number of nitrogens with one attached hydrogen (secondary N) is 2. The first kappa shape index (κ1) is 28.7. The zero-order valence-electron chi connectivity index (χ0n) is 24.5. The SMILES string of the molecule is CNC(C)C(=O)NC(C(=O)N1CCCC1c1cc(-c2cn(C(=O)N(C)C)c3ccccc23)ncn1)C1CCCCC1. The lowest BCUT2D eigenvalue weighted by atomic mass is 9.83. The quantitative estimate of drug-likeness (QED) is 0.453. The zero-order chi connectivity index (χ0) is 29.1. The van der Waals surface area contributed by atoms with Gasteiger partial charge in [-0.05, 0) is 57.7 Å². The first-order valence-electron chi connectivity index (χ1n) is 14.7. The van der Waals surface area contributed by atoms with Crippen LogP contribution in [0.3, 0.4) is 0 Å². The van der Waals surface area contributed by atoms with Crippen molar-refractivity contribution in [1.82, 2.24) is 35.0 Å². The van der Waals surface area contributed by atoms with E-state index in [1.807, 2.05) is 48.4 Å². The molecule has 0 bridgehead atoms. The number of fused-ring (bicyclic) bond motifs is 1. The van der Waals surface area contributed by atoms with Crippen LogP contribution in [0.25, 0.3) is 22.2 Å². The highest BCUT2D eigenvalue weighted by Crippen LogP contribution is 2.36. The van der Waals surface area contributed by atoms with Crippen molar-refractivity contribution < 1.29 is 14.4 Å². The molecule has 1 aliphatic carbocycles. The third-order valence-corrected chi connectivity index (χ3v) is 8.65. The Morgan fingerprint density at radius 3 is 2.51 bits per heavy atom. The molecule has 1 saturated carbocycles. The summed E-state index contributed by atoms with van der Waals surface area (Å²) in [7, 11) is 5.21. The lowest BCUT2D eigenvalue weighted by molar-refractivity contribution is -0.139. The van der Waals surface area contributed by atoms with Gasteiger partial charge in [0.15, 0.2) is 0 Å². The van der Waals surface area contributed by atoms with Gasteiger partial charge in [-0.2, -0.15) is 0 Å². The van der Waals surface area contributed by atoms with Crippen LogP contribution in [-0.2, 0) is 9.59 Å². The van der Waals surface area contributed by atoms with Gasteiger partial charge in [-0.25, -0.2) is 14.8 Å². The fourth-order valence-electron chi connectivity index (χ4n) is 6.23. The van der Waals surface area contributed by atoms with Crippen LogP contribution in [0.4, 0.5) is 4.79 Å². The van der Waals surface area contributed by atoms with Gasteiger partial charge < -0.3 is 20.4 Å². The van der Waals surface area contributed by atoms with E-state index in [1.54, 1.807) is 36.9 Å². The first-order valence-corrected chi connectivity index (χ1v) is 14.7. The van der Waals surface area contributed by atoms with Gasteiger partial charge >= 0.3 is 6.03 Å². The fourth-order valence-corrected chi connectivity index (χ4v) is 6.23. The Kier molecular flexibility index (Phi) is 8.68. The van der Waals surface area contributed by atoms with Gasteiger partial charge in [-0.15, -0.1) is 0 Å². The van der Waals surface area contributed by atoms with Crippen LogP contribution in [0.2, 0.25) is 0 Å². The summed E-state index contributed by atoms with van der Waals surface area (Å²) in [5.74, 6) is -0.0450. The fraction of sp³-hybridized carbons (Fsp3) is 0.516.